The van der Waals surface area contributed by atoms with E-state index in [0.29, 0.717) is 56.3 Å². The number of hydrogen-bond acceptors (Lipinski definition) is 8. The number of halogens is 1. The number of amides is 1. The van der Waals surface area contributed by atoms with Gasteiger partial charge in [0.25, 0.3) is 0 Å². The third kappa shape index (κ3) is 5.53. The molecule has 5 heterocycles. The summed E-state index contributed by atoms with van der Waals surface area (Å²) in [5, 5.41) is 11.2. The van der Waals surface area contributed by atoms with E-state index in [-0.39, 0.29) is 24.0 Å². The number of nitrogens with one attached hydrogen (secondary N) is 3. The SMILES string of the molecule is CS(=O)(=O)CCc1cc(F)cc(-c2ccnc3nc(-c4n[nH]c5cnc(-c6cncc(NC(=O)C7CCC7)c6)cc45)[nH]c23)c1. The summed E-state index contributed by atoms with van der Waals surface area (Å²) in [5.74, 6) is -0.0129. The molecule has 0 bridgehead atoms. The molecule has 0 saturated heterocycles. The van der Waals surface area contributed by atoms with E-state index in [1.807, 2.05) is 12.1 Å². The Bertz CT molecular complexity index is 2170. The highest BCUT2D eigenvalue weighted by atomic mass is 32.2. The lowest BCUT2D eigenvalue weighted by molar-refractivity contribution is -0.122. The van der Waals surface area contributed by atoms with Crippen LogP contribution in [0.4, 0.5) is 10.1 Å². The van der Waals surface area contributed by atoms with Crippen LogP contribution in [0.2, 0.25) is 0 Å². The number of rotatable bonds is 8. The molecule has 7 rings (SSSR count). The van der Waals surface area contributed by atoms with Gasteiger partial charge in [-0.25, -0.2) is 22.8 Å². The van der Waals surface area contributed by atoms with Crippen LogP contribution in [0.5, 0.6) is 0 Å². The summed E-state index contributed by atoms with van der Waals surface area (Å²) < 4.78 is 38.0. The molecule has 0 aliphatic heterocycles. The molecule has 1 saturated carbocycles. The average Bonchev–Trinajstić information content (AvgIpc) is 3.58. The zero-order chi connectivity index (χ0) is 30.4. The van der Waals surface area contributed by atoms with Gasteiger partial charge in [-0.3, -0.25) is 19.9 Å². The number of nitrogens with zero attached hydrogens (tertiary/aromatic N) is 5. The summed E-state index contributed by atoms with van der Waals surface area (Å²) >= 11 is 0. The molecule has 44 heavy (non-hydrogen) atoms. The van der Waals surface area contributed by atoms with Gasteiger partial charge in [-0.05, 0) is 60.7 Å². The Morgan fingerprint density at radius 3 is 2.73 bits per heavy atom. The van der Waals surface area contributed by atoms with Crippen molar-refractivity contribution < 1.29 is 17.6 Å². The van der Waals surface area contributed by atoms with E-state index in [2.05, 4.69) is 40.4 Å². The molecule has 13 heteroatoms. The molecule has 6 aromatic rings. The lowest BCUT2D eigenvalue weighted by Gasteiger charge is -2.24. The van der Waals surface area contributed by atoms with Gasteiger partial charge in [0.1, 0.15) is 21.3 Å². The maximum Gasteiger partial charge on any atom is 0.227 e. The Morgan fingerprint density at radius 2 is 1.93 bits per heavy atom. The average molecular weight is 611 g/mol. The van der Waals surface area contributed by atoms with Crippen molar-refractivity contribution in [1.82, 2.24) is 35.1 Å². The maximum atomic E-state index is 14.6. The Kier molecular flexibility index (Phi) is 6.88. The quantitative estimate of drug-likeness (QED) is 0.215. The van der Waals surface area contributed by atoms with Gasteiger partial charge >= 0.3 is 0 Å². The predicted molar refractivity (Wildman–Crippen MR) is 165 cm³/mol. The molecule has 1 amide bonds. The fourth-order valence-corrected chi connectivity index (χ4v) is 5.94. The zero-order valence-electron chi connectivity index (χ0n) is 23.6. The lowest BCUT2D eigenvalue weighted by atomic mass is 9.85. The topological polar surface area (TPSA) is 159 Å². The summed E-state index contributed by atoms with van der Waals surface area (Å²) in [4.78, 5) is 33.7. The number of carbonyl (C=O) groups is 1. The van der Waals surface area contributed by atoms with E-state index >= 15 is 0 Å². The minimum absolute atomic E-state index is 0.0111. The molecule has 0 spiro atoms. The van der Waals surface area contributed by atoms with Crippen LogP contribution in [0, 0.1) is 11.7 Å². The van der Waals surface area contributed by atoms with Gasteiger partial charge in [0.05, 0.1) is 40.6 Å². The van der Waals surface area contributed by atoms with E-state index < -0.39 is 15.7 Å². The third-order valence-electron chi connectivity index (χ3n) is 7.87. The van der Waals surface area contributed by atoms with Crippen LogP contribution in [0.25, 0.3) is 56.0 Å². The normalized spacial score (nSPS) is 13.8. The third-order valence-corrected chi connectivity index (χ3v) is 8.82. The number of hydrogen-bond donors (Lipinski definition) is 3. The number of pyridine rings is 3. The van der Waals surface area contributed by atoms with Crippen molar-refractivity contribution in [3.05, 3.63) is 72.6 Å². The van der Waals surface area contributed by atoms with E-state index in [4.69, 9.17) is 0 Å². The van der Waals surface area contributed by atoms with Crippen LogP contribution in [0.1, 0.15) is 24.8 Å². The van der Waals surface area contributed by atoms with Crippen LogP contribution < -0.4 is 5.32 Å². The first-order chi connectivity index (χ1) is 21.2. The first kappa shape index (κ1) is 27.8. The van der Waals surface area contributed by atoms with Crippen LogP contribution in [-0.2, 0) is 21.1 Å². The molecule has 1 aliphatic rings. The number of sulfone groups is 1. The summed E-state index contributed by atoms with van der Waals surface area (Å²) in [5.41, 5.74) is 6.06. The fourth-order valence-electron chi connectivity index (χ4n) is 5.34. The maximum absolute atomic E-state index is 14.6. The van der Waals surface area contributed by atoms with Crippen LogP contribution in [-0.4, -0.2) is 61.5 Å². The van der Waals surface area contributed by atoms with E-state index in [1.54, 1.807) is 36.9 Å². The summed E-state index contributed by atoms with van der Waals surface area (Å²) in [7, 11) is -3.20. The molecular formula is C31H27FN8O3S. The standard InChI is InChI=1S/C31H27FN8O3S/c1-44(42,43)8-6-17-9-19(11-21(32)10-17)23-5-7-34-29-27(23)37-30(38-29)28-24-13-25(35-16-26(24)39-40-28)20-12-22(15-33-14-20)36-31(41)18-3-2-4-18/h5,7,9-16,18H,2-4,6,8H2,1H3,(H,36,41)(H,39,40)(H,34,37,38). The number of imidazole rings is 1. The summed E-state index contributed by atoms with van der Waals surface area (Å²) in [6, 6.07) is 10.0. The van der Waals surface area contributed by atoms with Gasteiger partial charge in [-0.2, -0.15) is 5.10 Å². The highest BCUT2D eigenvalue weighted by Gasteiger charge is 2.25. The second kappa shape index (κ2) is 10.9. The Morgan fingerprint density at radius 1 is 1.07 bits per heavy atom. The van der Waals surface area contributed by atoms with E-state index in [1.165, 1.54) is 12.1 Å². The minimum atomic E-state index is -3.20. The van der Waals surface area contributed by atoms with E-state index in [0.717, 1.165) is 36.5 Å². The van der Waals surface area contributed by atoms with Gasteiger partial charge in [0, 0.05) is 41.1 Å². The number of benzene rings is 1. The van der Waals surface area contributed by atoms with Crippen molar-refractivity contribution in [3.8, 4) is 33.9 Å². The smallest absolute Gasteiger partial charge is 0.227 e. The number of aryl methyl sites for hydroxylation is 1. The molecule has 222 valence electrons. The van der Waals surface area contributed by atoms with E-state index in [9.17, 15) is 17.6 Å². The Hall–Kier alpha value is -5.04. The zero-order valence-corrected chi connectivity index (χ0v) is 24.4. The number of H-pyrrole nitrogens is 2. The van der Waals surface area contributed by atoms with Gasteiger partial charge in [0.15, 0.2) is 11.5 Å². The molecule has 1 aliphatic carbocycles. The minimum Gasteiger partial charge on any atom is -0.335 e. The van der Waals surface area contributed by atoms with Crippen LogP contribution in [0.3, 0.4) is 0 Å². The van der Waals surface area contributed by atoms with Gasteiger partial charge in [0.2, 0.25) is 5.91 Å². The monoisotopic (exact) mass is 610 g/mol. The summed E-state index contributed by atoms with van der Waals surface area (Å²) in [6.07, 6.45) is 10.8. The highest BCUT2D eigenvalue weighted by molar-refractivity contribution is 7.90. The van der Waals surface area contributed by atoms with Gasteiger partial charge < -0.3 is 10.3 Å². The van der Waals surface area contributed by atoms with Crippen LogP contribution >= 0.6 is 0 Å². The van der Waals surface area contributed by atoms with Crippen molar-refractivity contribution >= 4 is 43.5 Å². The van der Waals surface area contributed by atoms with Crippen molar-refractivity contribution in [2.24, 2.45) is 5.92 Å². The summed E-state index contributed by atoms with van der Waals surface area (Å²) in [6.45, 7) is 0. The lowest BCUT2D eigenvalue weighted by Crippen LogP contribution is -2.28. The van der Waals surface area contributed by atoms with Gasteiger partial charge in [-0.1, -0.05) is 12.5 Å². The molecule has 3 N–H and O–H groups in total. The predicted octanol–water partition coefficient (Wildman–Crippen LogP) is 5.09. The molecule has 1 fully saturated rings. The number of aromatic nitrogens is 7. The molecule has 5 aromatic heterocycles. The van der Waals surface area contributed by atoms with Crippen molar-refractivity contribution in [1.29, 1.82) is 0 Å². The molecule has 0 radical (unpaired) electrons. The van der Waals surface area contributed by atoms with Gasteiger partial charge in [-0.15, -0.1) is 0 Å². The highest BCUT2D eigenvalue weighted by Crippen LogP contribution is 2.33. The fraction of sp³-hybridized carbons (Fsp3) is 0.226. The molecule has 11 nitrogen and oxygen atoms in total. The first-order valence-electron chi connectivity index (χ1n) is 14.1. The second-order valence-electron chi connectivity index (χ2n) is 11.1. The van der Waals surface area contributed by atoms with Crippen molar-refractivity contribution in [3.63, 3.8) is 0 Å². The van der Waals surface area contributed by atoms with Crippen LogP contribution in [0.15, 0.2) is 61.2 Å². The Labute approximate surface area is 251 Å². The number of carbonyl (C=O) groups excluding carboxylic acids is 1. The van der Waals surface area contributed by atoms with Crippen molar-refractivity contribution in [2.45, 2.75) is 25.7 Å². The second-order valence-corrected chi connectivity index (χ2v) is 13.4. The van der Waals surface area contributed by atoms with Crippen molar-refractivity contribution in [2.75, 3.05) is 17.3 Å². The molecule has 0 atom stereocenters. The number of aromatic amines is 2. The number of anilines is 1. The Balaban J connectivity index is 1.23. The molecule has 0 unspecified atom stereocenters. The number of fused-ring (bicyclic) bond motifs is 2. The largest absolute Gasteiger partial charge is 0.335 e. The molecular weight excluding hydrogens is 583 g/mol. The molecule has 1 aromatic carbocycles. The first-order valence-corrected chi connectivity index (χ1v) is 16.2.